The first-order chi connectivity index (χ1) is 12.0. The van der Waals surface area contributed by atoms with E-state index < -0.39 is 10.0 Å². The van der Waals surface area contributed by atoms with Crippen molar-refractivity contribution in [3.05, 3.63) is 29.8 Å². The molecule has 1 aromatic carbocycles. The number of methoxy groups -OCH3 is 1. The highest BCUT2D eigenvalue weighted by Gasteiger charge is 2.16. The summed E-state index contributed by atoms with van der Waals surface area (Å²) in [6.45, 7) is 4.84. The summed E-state index contributed by atoms with van der Waals surface area (Å²) < 4.78 is 36.9. The summed E-state index contributed by atoms with van der Waals surface area (Å²) in [6.07, 6.45) is 0. The number of nitrogens with zero attached hydrogens (tertiary/aromatic N) is 1. The van der Waals surface area contributed by atoms with Crippen molar-refractivity contribution in [2.45, 2.75) is 4.90 Å². The van der Waals surface area contributed by atoms with Crippen molar-refractivity contribution >= 4 is 15.9 Å². The predicted molar refractivity (Wildman–Crippen MR) is 93.1 cm³/mol. The molecule has 1 saturated heterocycles. The van der Waals surface area contributed by atoms with Gasteiger partial charge >= 0.3 is 0 Å². The number of carbonyl (C=O) groups excluding carboxylic acids is 1. The predicted octanol–water partition coefficient (Wildman–Crippen LogP) is -0.327. The second kappa shape index (κ2) is 9.83. The summed E-state index contributed by atoms with van der Waals surface area (Å²) in [5.74, 6) is -0.290. The van der Waals surface area contributed by atoms with Crippen LogP contribution in [0.3, 0.4) is 0 Å². The molecule has 0 unspecified atom stereocenters. The number of rotatable bonds is 9. The van der Waals surface area contributed by atoms with Gasteiger partial charge in [0.1, 0.15) is 0 Å². The second-order valence-corrected chi connectivity index (χ2v) is 7.40. The Kier molecular flexibility index (Phi) is 7.79. The smallest absolute Gasteiger partial charge is 0.251 e. The van der Waals surface area contributed by atoms with Crippen LogP contribution in [0, 0.1) is 0 Å². The van der Waals surface area contributed by atoms with Crippen LogP contribution >= 0.6 is 0 Å². The molecule has 9 heteroatoms. The fourth-order valence-corrected chi connectivity index (χ4v) is 3.48. The van der Waals surface area contributed by atoms with E-state index in [2.05, 4.69) is 14.9 Å². The lowest BCUT2D eigenvalue weighted by molar-refractivity contribution is 0.0383. The third-order valence-corrected chi connectivity index (χ3v) is 5.28. The van der Waals surface area contributed by atoms with Crippen molar-refractivity contribution in [3.8, 4) is 0 Å². The van der Waals surface area contributed by atoms with Crippen LogP contribution < -0.4 is 10.0 Å². The van der Waals surface area contributed by atoms with Gasteiger partial charge in [0.25, 0.3) is 5.91 Å². The molecule has 1 aliphatic heterocycles. The number of nitrogens with one attached hydrogen (secondary N) is 2. The summed E-state index contributed by atoms with van der Waals surface area (Å²) in [4.78, 5) is 14.5. The first-order valence-electron chi connectivity index (χ1n) is 8.20. The van der Waals surface area contributed by atoms with E-state index in [9.17, 15) is 13.2 Å². The molecule has 8 nitrogen and oxygen atoms in total. The van der Waals surface area contributed by atoms with Crippen molar-refractivity contribution in [2.75, 3.05) is 59.7 Å². The number of sulfonamides is 1. The molecule has 0 aliphatic carbocycles. The van der Waals surface area contributed by atoms with E-state index in [1.165, 1.54) is 19.2 Å². The lowest BCUT2D eigenvalue weighted by Crippen LogP contribution is -2.41. The van der Waals surface area contributed by atoms with E-state index in [0.29, 0.717) is 25.3 Å². The van der Waals surface area contributed by atoms with Gasteiger partial charge in [-0.1, -0.05) is 6.07 Å². The van der Waals surface area contributed by atoms with Crippen molar-refractivity contribution in [2.24, 2.45) is 0 Å². The Balaban J connectivity index is 1.89. The number of benzene rings is 1. The van der Waals surface area contributed by atoms with Crippen LogP contribution in [0.2, 0.25) is 0 Å². The molecule has 2 rings (SSSR count). The molecule has 1 heterocycles. The monoisotopic (exact) mass is 371 g/mol. The van der Waals surface area contributed by atoms with E-state index in [0.717, 1.165) is 19.6 Å². The van der Waals surface area contributed by atoms with Gasteiger partial charge in [-0.3, -0.25) is 9.69 Å². The maximum atomic E-state index is 12.2. The minimum atomic E-state index is -3.66. The number of hydrogen-bond donors (Lipinski definition) is 2. The molecule has 140 valence electrons. The largest absolute Gasteiger partial charge is 0.383 e. The van der Waals surface area contributed by atoms with Crippen LogP contribution in [-0.2, 0) is 19.5 Å². The fraction of sp³-hybridized carbons (Fsp3) is 0.562. The maximum Gasteiger partial charge on any atom is 0.251 e. The van der Waals surface area contributed by atoms with Crippen molar-refractivity contribution in [1.82, 2.24) is 14.9 Å². The molecule has 0 spiro atoms. The zero-order valence-corrected chi connectivity index (χ0v) is 15.2. The fourth-order valence-electron chi connectivity index (χ4n) is 2.42. The average molecular weight is 371 g/mol. The summed E-state index contributed by atoms with van der Waals surface area (Å²) in [6, 6.07) is 5.98. The Bertz CT molecular complexity index is 659. The van der Waals surface area contributed by atoms with Gasteiger partial charge in [0, 0.05) is 45.4 Å². The number of carbonyl (C=O) groups is 1. The van der Waals surface area contributed by atoms with Crippen LogP contribution in [0.5, 0.6) is 0 Å². The third-order valence-electron chi connectivity index (χ3n) is 3.82. The molecular weight excluding hydrogens is 346 g/mol. The van der Waals surface area contributed by atoms with Gasteiger partial charge in [-0.05, 0) is 18.2 Å². The van der Waals surface area contributed by atoms with Gasteiger partial charge in [-0.2, -0.15) is 0 Å². The number of morpholine rings is 1. The molecule has 2 N–H and O–H groups in total. The molecule has 0 aromatic heterocycles. The van der Waals surface area contributed by atoms with Crippen LogP contribution in [0.4, 0.5) is 0 Å². The molecule has 0 bridgehead atoms. The topological polar surface area (TPSA) is 97.0 Å². The molecule has 0 saturated carbocycles. The van der Waals surface area contributed by atoms with Gasteiger partial charge in [-0.25, -0.2) is 13.1 Å². The highest BCUT2D eigenvalue weighted by atomic mass is 32.2. The minimum Gasteiger partial charge on any atom is -0.383 e. The van der Waals surface area contributed by atoms with Gasteiger partial charge in [0.2, 0.25) is 10.0 Å². The number of ether oxygens (including phenoxy) is 2. The Morgan fingerprint density at radius 2 is 2.04 bits per heavy atom. The highest BCUT2D eigenvalue weighted by Crippen LogP contribution is 2.11. The SMILES string of the molecule is COCCNS(=O)(=O)c1cccc(C(=O)NCCN2CCOCC2)c1. The van der Waals surface area contributed by atoms with Gasteiger partial charge in [0.15, 0.2) is 0 Å². The summed E-state index contributed by atoms with van der Waals surface area (Å²) in [5.41, 5.74) is 0.316. The van der Waals surface area contributed by atoms with Crippen LogP contribution in [0.1, 0.15) is 10.4 Å². The molecule has 1 fully saturated rings. The standard InChI is InChI=1S/C16H25N3O5S/c1-23-10-6-18-25(21,22)15-4-2-3-14(13-15)16(20)17-5-7-19-8-11-24-12-9-19/h2-4,13,18H,5-12H2,1H3,(H,17,20). The quantitative estimate of drug-likeness (QED) is 0.577. The van der Waals surface area contributed by atoms with E-state index >= 15 is 0 Å². The zero-order chi connectivity index (χ0) is 18.1. The van der Waals surface area contributed by atoms with Gasteiger partial charge in [-0.15, -0.1) is 0 Å². The van der Waals surface area contributed by atoms with E-state index in [1.807, 2.05) is 0 Å². The molecule has 0 atom stereocenters. The summed E-state index contributed by atoms with van der Waals surface area (Å²) in [5, 5.41) is 2.82. The van der Waals surface area contributed by atoms with Crippen molar-refractivity contribution in [1.29, 1.82) is 0 Å². The van der Waals surface area contributed by atoms with E-state index in [4.69, 9.17) is 9.47 Å². The normalized spacial score (nSPS) is 15.9. The molecule has 1 amide bonds. The summed E-state index contributed by atoms with van der Waals surface area (Å²) in [7, 11) is -2.16. The average Bonchev–Trinajstić information content (AvgIpc) is 2.63. The molecule has 0 radical (unpaired) electrons. The Morgan fingerprint density at radius 1 is 1.28 bits per heavy atom. The molecule has 1 aliphatic rings. The Hall–Kier alpha value is -1.52. The molecular formula is C16H25N3O5S. The lowest BCUT2D eigenvalue weighted by atomic mass is 10.2. The molecule has 1 aromatic rings. The lowest BCUT2D eigenvalue weighted by Gasteiger charge is -2.26. The second-order valence-electron chi connectivity index (χ2n) is 5.63. The number of hydrogen-bond acceptors (Lipinski definition) is 6. The maximum absolute atomic E-state index is 12.2. The summed E-state index contributed by atoms with van der Waals surface area (Å²) >= 11 is 0. The van der Waals surface area contributed by atoms with Crippen LogP contribution in [-0.4, -0.2) is 78.9 Å². The van der Waals surface area contributed by atoms with Gasteiger partial charge < -0.3 is 14.8 Å². The van der Waals surface area contributed by atoms with Crippen molar-refractivity contribution in [3.63, 3.8) is 0 Å². The first-order valence-corrected chi connectivity index (χ1v) is 9.68. The minimum absolute atomic E-state index is 0.0597. The zero-order valence-electron chi connectivity index (χ0n) is 14.4. The number of amides is 1. The van der Waals surface area contributed by atoms with Gasteiger partial charge in [0.05, 0.1) is 24.7 Å². The third kappa shape index (κ3) is 6.37. The van der Waals surface area contributed by atoms with Crippen LogP contribution in [0.15, 0.2) is 29.2 Å². The van der Waals surface area contributed by atoms with Crippen LogP contribution in [0.25, 0.3) is 0 Å². The highest BCUT2D eigenvalue weighted by molar-refractivity contribution is 7.89. The Morgan fingerprint density at radius 3 is 2.76 bits per heavy atom. The molecule has 25 heavy (non-hydrogen) atoms. The Labute approximate surface area is 148 Å². The van der Waals surface area contributed by atoms with Crippen molar-refractivity contribution < 1.29 is 22.7 Å². The van der Waals surface area contributed by atoms with E-state index in [-0.39, 0.29) is 24.0 Å². The first kappa shape index (κ1) is 19.8. The van der Waals surface area contributed by atoms with E-state index in [1.54, 1.807) is 12.1 Å².